The first-order valence-electron chi connectivity index (χ1n) is 6.80. The van der Waals surface area contributed by atoms with Crippen molar-refractivity contribution in [3.05, 3.63) is 65.2 Å². The van der Waals surface area contributed by atoms with Crippen LogP contribution in [0.2, 0.25) is 0 Å². The molecule has 108 valence electrons. The van der Waals surface area contributed by atoms with E-state index in [1.807, 2.05) is 12.1 Å². The van der Waals surface area contributed by atoms with Gasteiger partial charge in [-0.3, -0.25) is 9.59 Å². The summed E-state index contributed by atoms with van der Waals surface area (Å²) in [4.78, 5) is 23.0. The van der Waals surface area contributed by atoms with Crippen molar-refractivity contribution in [2.45, 2.75) is 19.8 Å². The van der Waals surface area contributed by atoms with Gasteiger partial charge in [0.2, 0.25) is 0 Å². The van der Waals surface area contributed by atoms with E-state index in [4.69, 9.17) is 5.11 Å². The topological polar surface area (TPSA) is 66.4 Å². The maximum atomic E-state index is 12.2. The van der Waals surface area contributed by atoms with Crippen molar-refractivity contribution in [2.24, 2.45) is 0 Å². The van der Waals surface area contributed by atoms with E-state index in [1.165, 1.54) is 0 Å². The van der Waals surface area contributed by atoms with Gasteiger partial charge in [-0.05, 0) is 35.7 Å². The summed E-state index contributed by atoms with van der Waals surface area (Å²) in [6.07, 6.45) is 0.800. The second-order valence-electron chi connectivity index (χ2n) is 4.73. The number of anilines is 1. The SMILES string of the molecule is CCc1ccc(C(=O)Nc2ccccc2CC(=O)O)cc1. The Balaban J connectivity index is 2.17. The highest BCUT2D eigenvalue weighted by Crippen LogP contribution is 2.17. The van der Waals surface area contributed by atoms with E-state index in [0.29, 0.717) is 16.8 Å². The van der Waals surface area contributed by atoms with Crippen molar-refractivity contribution in [2.75, 3.05) is 5.32 Å². The third-order valence-electron chi connectivity index (χ3n) is 3.23. The monoisotopic (exact) mass is 283 g/mol. The fourth-order valence-corrected chi connectivity index (χ4v) is 2.05. The number of carbonyl (C=O) groups is 2. The normalized spacial score (nSPS) is 10.1. The second kappa shape index (κ2) is 6.70. The first kappa shape index (κ1) is 14.8. The van der Waals surface area contributed by atoms with Crippen molar-refractivity contribution in [1.29, 1.82) is 0 Å². The molecule has 0 saturated heterocycles. The molecule has 0 heterocycles. The Morgan fingerprint density at radius 3 is 2.33 bits per heavy atom. The van der Waals surface area contributed by atoms with Crippen LogP contribution in [-0.4, -0.2) is 17.0 Å². The minimum atomic E-state index is -0.927. The summed E-state index contributed by atoms with van der Waals surface area (Å²) in [5, 5.41) is 11.7. The van der Waals surface area contributed by atoms with Crippen LogP contribution in [0.3, 0.4) is 0 Å². The minimum Gasteiger partial charge on any atom is -0.481 e. The van der Waals surface area contributed by atoms with Crippen molar-refractivity contribution in [3.63, 3.8) is 0 Å². The summed E-state index contributed by atoms with van der Waals surface area (Å²) in [5.41, 5.74) is 2.84. The number of carboxylic acids is 1. The number of hydrogen-bond donors (Lipinski definition) is 2. The van der Waals surface area contributed by atoms with Crippen molar-refractivity contribution >= 4 is 17.6 Å². The molecule has 0 radical (unpaired) electrons. The Labute approximate surface area is 123 Å². The molecule has 2 N–H and O–H groups in total. The molecule has 0 aliphatic heterocycles. The van der Waals surface area contributed by atoms with Crippen LogP contribution in [0, 0.1) is 0 Å². The van der Waals surface area contributed by atoms with E-state index in [9.17, 15) is 9.59 Å². The first-order valence-corrected chi connectivity index (χ1v) is 6.80. The number of para-hydroxylation sites is 1. The molecule has 21 heavy (non-hydrogen) atoms. The van der Waals surface area contributed by atoms with Gasteiger partial charge in [0, 0.05) is 11.3 Å². The summed E-state index contributed by atoms with van der Waals surface area (Å²) in [6.45, 7) is 2.05. The lowest BCUT2D eigenvalue weighted by molar-refractivity contribution is -0.136. The maximum Gasteiger partial charge on any atom is 0.307 e. The van der Waals surface area contributed by atoms with Crippen LogP contribution in [-0.2, 0) is 17.6 Å². The molecule has 0 aromatic heterocycles. The zero-order valence-electron chi connectivity index (χ0n) is 11.8. The number of rotatable bonds is 5. The Bertz CT molecular complexity index is 647. The van der Waals surface area contributed by atoms with E-state index in [1.54, 1.807) is 36.4 Å². The minimum absolute atomic E-state index is 0.120. The van der Waals surface area contributed by atoms with Gasteiger partial charge >= 0.3 is 5.97 Å². The Morgan fingerprint density at radius 1 is 1.05 bits per heavy atom. The molecule has 0 spiro atoms. The number of hydrogen-bond acceptors (Lipinski definition) is 2. The van der Waals surface area contributed by atoms with Gasteiger partial charge in [0.05, 0.1) is 6.42 Å². The van der Waals surface area contributed by atoms with Gasteiger partial charge in [0.1, 0.15) is 0 Å². The van der Waals surface area contributed by atoms with E-state index < -0.39 is 5.97 Å². The van der Waals surface area contributed by atoms with Crippen LogP contribution in [0.1, 0.15) is 28.4 Å². The van der Waals surface area contributed by atoms with E-state index in [0.717, 1.165) is 12.0 Å². The number of aliphatic carboxylic acids is 1. The van der Waals surface area contributed by atoms with Crippen LogP contribution in [0.5, 0.6) is 0 Å². The van der Waals surface area contributed by atoms with Gasteiger partial charge < -0.3 is 10.4 Å². The fourth-order valence-electron chi connectivity index (χ4n) is 2.05. The van der Waals surface area contributed by atoms with Gasteiger partial charge in [0.25, 0.3) is 5.91 Å². The van der Waals surface area contributed by atoms with Crippen molar-refractivity contribution in [1.82, 2.24) is 0 Å². The molecular weight excluding hydrogens is 266 g/mol. The molecule has 1 amide bonds. The number of amides is 1. The molecule has 4 heteroatoms. The van der Waals surface area contributed by atoms with Crippen LogP contribution in [0.25, 0.3) is 0 Å². The molecular formula is C17H17NO3. The largest absolute Gasteiger partial charge is 0.481 e. The molecule has 0 unspecified atom stereocenters. The Morgan fingerprint density at radius 2 is 1.71 bits per heavy atom. The van der Waals surface area contributed by atoms with Gasteiger partial charge in [-0.1, -0.05) is 37.3 Å². The van der Waals surface area contributed by atoms with Gasteiger partial charge in [-0.25, -0.2) is 0 Å². The lowest BCUT2D eigenvalue weighted by atomic mass is 10.1. The predicted octanol–water partition coefficient (Wildman–Crippen LogP) is 3.13. The summed E-state index contributed by atoms with van der Waals surface area (Å²) in [7, 11) is 0. The molecule has 0 saturated carbocycles. The molecule has 0 aliphatic carbocycles. The summed E-state index contributed by atoms with van der Waals surface area (Å²) in [5.74, 6) is -1.17. The molecule has 2 aromatic rings. The van der Waals surface area contributed by atoms with Crippen LogP contribution in [0.15, 0.2) is 48.5 Å². The molecule has 0 atom stereocenters. The lowest BCUT2D eigenvalue weighted by Crippen LogP contribution is -2.14. The summed E-state index contributed by atoms with van der Waals surface area (Å²) < 4.78 is 0. The number of carboxylic acid groups (broad SMARTS) is 1. The zero-order valence-corrected chi connectivity index (χ0v) is 11.8. The van der Waals surface area contributed by atoms with Crippen LogP contribution in [0.4, 0.5) is 5.69 Å². The highest BCUT2D eigenvalue weighted by molar-refractivity contribution is 6.04. The molecule has 0 fully saturated rings. The fraction of sp³-hybridized carbons (Fsp3) is 0.176. The maximum absolute atomic E-state index is 12.2. The lowest BCUT2D eigenvalue weighted by Gasteiger charge is -2.10. The van der Waals surface area contributed by atoms with E-state index in [-0.39, 0.29) is 12.3 Å². The average Bonchev–Trinajstić information content (AvgIpc) is 2.49. The molecule has 4 nitrogen and oxygen atoms in total. The number of benzene rings is 2. The molecule has 2 rings (SSSR count). The third-order valence-corrected chi connectivity index (χ3v) is 3.23. The summed E-state index contributed by atoms with van der Waals surface area (Å²) >= 11 is 0. The summed E-state index contributed by atoms with van der Waals surface area (Å²) in [6, 6.07) is 14.3. The van der Waals surface area contributed by atoms with Crippen molar-refractivity contribution in [3.8, 4) is 0 Å². The number of carbonyl (C=O) groups excluding carboxylic acids is 1. The molecule has 0 bridgehead atoms. The third kappa shape index (κ3) is 3.92. The highest BCUT2D eigenvalue weighted by Gasteiger charge is 2.10. The first-order chi connectivity index (χ1) is 10.1. The number of aryl methyl sites for hydroxylation is 1. The molecule has 2 aromatic carbocycles. The zero-order chi connectivity index (χ0) is 15.2. The number of nitrogens with one attached hydrogen (secondary N) is 1. The van der Waals surface area contributed by atoms with Gasteiger partial charge in [-0.2, -0.15) is 0 Å². The van der Waals surface area contributed by atoms with E-state index in [2.05, 4.69) is 12.2 Å². The van der Waals surface area contributed by atoms with Gasteiger partial charge in [-0.15, -0.1) is 0 Å². The van der Waals surface area contributed by atoms with E-state index >= 15 is 0 Å². The Hall–Kier alpha value is -2.62. The predicted molar refractivity (Wildman–Crippen MR) is 81.6 cm³/mol. The van der Waals surface area contributed by atoms with Crippen LogP contribution < -0.4 is 5.32 Å². The highest BCUT2D eigenvalue weighted by atomic mass is 16.4. The van der Waals surface area contributed by atoms with Crippen LogP contribution >= 0.6 is 0 Å². The average molecular weight is 283 g/mol. The molecule has 0 aliphatic rings. The second-order valence-corrected chi connectivity index (χ2v) is 4.73. The standard InChI is InChI=1S/C17H17NO3/c1-2-12-7-9-13(10-8-12)17(21)18-15-6-4-3-5-14(15)11-16(19)20/h3-10H,2,11H2,1H3,(H,18,21)(H,19,20). The van der Waals surface area contributed by atoms with Crippen molar-refractivity contribution < 1.29 is 14.7 Å². The quantitative estimate of drug-likeness (QED) is 0.886. The smallest absolute Gasteiger partial charge is 0.307 e. The Kier molecular flexibility index (Phi) is 4.72. The van der Waals surface area contributed by atoms with Gasteiger partial charge in [0.15, 0.2) is 0 Å².